The van der Waals surface area contributed by atoms with Crippen LogP contribution in [0.25, 0.3) is 11.1 Å². The minimum atomic E-state index is -0.672. The van der Waals surface area contributed by atoms with Gasteiger partial charge in [0.1, 0.15) is 10.8 Å². The fourth-order valence-electron chi connectivity index (χ4n) is 3.76. The van der Waals surface area contributed by atoms with Gasteiger partial charge in [-0.05, 0) is 13.0 Å². The van der Waals surface area contributed by atoms with E-state index in [1.807, 2.05) is 0 Å². The largest absolute Gasteiger partial charge is 0.494 e. The molecule has 0 aromatic carbocycles. The molecule has 0 radical (unpaired) electrons. The average molecular weight is 484 g/mol. The van der Waals surface area contributed by atoms with E-state index < -0.39 is 11.4 Å². The molecular formula is C22H22FN7O3S. The van der Waals surface area contributed by atoms with Crippen molar-refractivity contribution in [3.8, 4) is 16.9 Å². The lowest BCUT2D eigenvalue weighted by Gasteiger charge is -2.26. The number of morpholine rings is 1. The number of fused-ring (bicyclic) bond motifs is 1. The molecule has 2 N–H and O–H groups in total. The van der Waals surface area contributed by atoms with Gasteiger partial charge in [-0.2, -0.15) is 4.39 Å². The molecule has 2 aliphatic heterocycles. The molecule has 5 rings (SSSR count). The zero-order chi connectivity index (χ0) is 23.7. The van der Waals surface area contributed by atoms with Gasteiger partial charge in [0.25, 0.3) is 5.91 Å². The summed E-state index contributed by atoms with van der Waals surface area (Å²) < 4.78 is 24.7. The summed E-state index contributed by atoms with van der Waals surface area (Å²) in [7, 11) is 1.47. The number of halogens is 1. The summed E-state index contributed by atoms with van der Waals surface area (Å²) in [5.74, 6) is -0.0522. The number of carbonyl (C=O) groups excluding carboxylic acids is 1. The second-order valence-electron chi connectivity index (χ2n) is 7.68. The van der Waals surface area contributed by atoms with Crippen molar-refractivity contribution in [3.63, 3.8) is 0 Å². The lowest BCUT2D eigenvalue weighted by Crippen LogP contribution is -2.37. The number of rotatable bonds is 5. The predicted octanol–water partition coefficient (Wildman–Crippen LogP) is 2.46. The van der Waals surface area contributed by atoms with E-state index >= 15 is 0 Å². The monoisotopic (exact) mass is 483 g/mol. The molecule has 1 unspecified atom stereocenters. The van der Waals surface area contributed by atoms with Crippen LogP contribution in [0.2, 0.25) is 0 Å². The molecule has 176 valence electrons. The second kappa shape index (κ2) is 9.39. The van der Waals surface area contributed by atoms with E-state index in [4.69, 9.17) is 9.47 Å². The van der Waals surface area contributed by atoms with Gasteiger partial charge in [-0.25, -0.2) is 15.0 Å². The number of amides is 1. The molecule has 0 aliphatic carbocycles. The maximum atomic E-state index is 13.9. The summed E-state index contributed by atoms with van der Waals surface area (Å²) in [5.41, 5.74) is 2.17. The van der Waals surface area contributed by atoms with Gasteiger partial charge in [-0.1, -0.05) is 11.8 Å². The smallest absolute Gasteiger partial charge is 0.255 e. The summed E-state index contributed by atoms with van der Waals surface area (Å²) in [6.45, 7) is 4.55. The normalized spacial score (nSPS) is 17.1. The van der Waals surface area contributed by atoms with Gasteiger partial charge in [0.2, 0.25) is 11.9 Å². The lowest BCUT2D eigenvalue weighted by atomic mass is 10.0. The Balaban J connectivity index is 1.36. The Kier molecular flexibility index (Phi) is 6.16. The predicted molar refractivity (Wildman–Crippen MR) is 125 cm³/mol. The highest BCUT2D eigenvalue weighted by molar-refractivity contribution is 8.00. The second-order valence-corrected chi connectivity index (χ2v) is 8.78. The van der Waals surface area contributed by atoms with Gasteiger partial charge in [0.05, 0.1) is 44.0 Å². The molecule has 34 heavy (non-hydrogen) atoms. The molecular weight excluding hydrogens is 461 g/mol. The molecule has 0 bridgehead atoms. The van der Waals surface area contributed by atoms with Gasteiger partial charge in [-0.3, -0.25) is 9.78 Å². The number of nitrogens with one attached hydrogen (secondary N) is 2. The van der Waals surface area contributed by atoms with Crippen molar-refractivity contribution >= 4 is 29.3 Å². The van der Waals surface area contributed by atoms with E-state index in [0.29, 0.717) is 41.7 Å². The van der Waals surface area contributed by atoms with Gasteiger partial charge in [0, 0.05) is 42.2 Å². The standard InChI is InChI=1S/C22H22FN7O3S/c1-12-7-13(14-8-18(23)25-11-17(14)32-2)15(9-24-12)19(31)28-22-27-16-10-26-21(29-20(16)34-22)30-3-5-33-6-4-30/h7-11,22,27H,3-6H2,1-2H3,(H,28,31). The highest BCUT2D eigenvalue weighted by Gasteiger charge is 2.28. The van der Waals surface area contributed by atoms with Crippen LogP contribution in [0.4, 0.5) is 16.0 Å². The molecule has 0 spiro atoms. The van der Waals surface area contributed by atoms with Gasteiger partial charge >= 0.3 is 0 Å². The number of thioether (sulfide) groups is 1. The van der Waals surface area contributed by atoms with Gasteiger partial charge in [0.15, 0.2) is 5.50 Å². The van der Waals surface area contributed by atoms with Crippen LogP contribution >= 0.6 is 11.8 Å². The quantitative estimate of drug-likeness (QED) is 0.414. The minimum Gasteiger partial charge on any atom is -0.494 e. The number of aryl methyl sites for hydroxylation is 1. The first-order chi connectivity index (χ1) is 16.5. The van der Waals surface area contributed by atoms with Crippen molar-refractivity contribution in [3.05, 3.63) is 47.9 Å². The molecule has 0 saturated carbocycles. The molecule has 3 aromatic heterocycles. The number of pyridine rings is 2. The molecule has 3 aromatic rings. The lowest BCUT2D eigenvalue weighted by molar-refractivity contribution is 0.0953. The van der Waals surface area contributed by atoms with E-state index in [0.717, 1.165) is 23.8 Å². The van der Waals surface area contributed by atoms with Gasteiger partial charge in [-0.15, -0.1) is 0 Å². The van der Waals surface area contributed by atoms with Crippen molar-refractivity contribution in [2.45, 2.75) is 17.4 Å². The Hall–Kier alpha value is -3.51. The van der Waals surface area contributed by atoms with Crippen LogP contribution in [-0.2, 0) is 4.74 Å². The van der Waals surface area contributed by atoms with Crippen molar-refractivity contribution < 1.29 is 18.7 Å². The zero-order valence-corrected chi connectivity index (χ0v) is 19.4. The minimum absolute atomic E-state index is 0.285. The number of methoxy groups -OCH3 is 1. The van der Waals surface area contributed by atoms with E-state index in [9.17, 15) is 9.18 Å². The van der Waals surface area contributed by atoms with Crippen LogP contribution in [0.1, 0.15) is 16.1 Å². The Morgan fingerprint density at radius 1 is 1.21 bits per heavy atom. The summed E-state index contributed by atoms with van der Waals surface area (Å²) in [4.78, 5) is 32.3. The Bertz CT molecular complexity index is 1240. The number of hydrogen-bond acceptors (Lipinski definition) is 10. The Morgan fingerprint density at radius 3 is 2.82 bits per heavy atom. The molecule has 1 atom stereocenters. The van der Waals surface area contributed by atoms with Crippen LogP contribution in [0, 0.1) is 12.9 Å². The number of aromatic nitrogens is 4. The van der Waals surface area contributed by atoms with Crippen LogP contribution < -0.4 is 20.3 Å². The first-order valence-corrected chi connectivity index (χ1v) is 11.5. The first kappa shape index (κ1) is 22.3. The third-order valence-corrected chi connectivity index (χ3v) is 6.45. The summed E-state index contributed by atoms with van der Waals surface area (Å²) in [6.07, 6.45) is 4.48. The van der Waals surface area contributed by atoms with Crippen LogP contribution in [0.3, 0.4) is 0 Å². The fourth-order valence-corrected chi connectivity index (χ4v) is 4.71. The molecule has 1 saturated heterocycles. The number of carbonyl (C=O) groups is 1. The molecule has 2 aliphatic rings. The number of ether oxygens (including phenoxy) is 2. The summed E-state index contributed by atoms with van der Waals surface area (Å²) in [6, 6.07) is 2.96. The SMILES string of the molecule is COc1cnc(F)cc1-c1cc(C)ncc1C(=O)NC1Nc2cnc(N3CCOCC3)nc2S1. The molecule has 12 heteroatoms. The Labute approximate surface area is 199 Å². The number of anilines is 2. The van der Waals surface area contributed by atoms with E-state index in [1.165, 1.54) is 37.3 Å². The summed E-state index contributed by atoms with van der Waals surface area (Å²) >= 11 is 1.39. The van der Waals surface area contributed by atoms with E-state index in [-0.39, 0.29) is 11.5 Å². The van der Waals surface area contributed by atoms with Crippen molar-refractivity contribution in [1.82, 2.24) is 25.3 Å². The highest BCUT2D eigenvalue weighted by atomic mass is 32.2. The first-order valence-electron chi connectivity index (χ1n) is 10.6. The molecule has 5 heterocycles. The topological polar surface area (TPSA) is 114 Å². The third-order valence-electron chi connectivity index (χ3n) is 5.44. The fraction of sp³-hybridized carbons (Fsp3) is 0.318. The molecule has 1 fully saturated rings. The van der Waals surface area contributed by atoms with E-state index in [1.54, 1.807) is 19.2 Å². The third kappa shape index (κ3) is 4.46. The number of hydrogen-bond donors (Lipinski definition) is 2. The molecule has 10 nitrogen and oxygen atoms in total. The number of nitrogens with zero attached hydrogens (tertiary/aromatic N) is 5. The molecule has 1 amide bonds. The van der Waals surface area contributed by atoms with Crippen LogP contribution in [-0.4, -0.2) is 64.8 Å². The summed E-state index contributed by atoms with van der Waals surface area (Å²) in [5, 5.41) is 6.91. The maximum Gasteiger partial charge on any atom is 0.255 e. The Morgan fingerprint density at radius 2 is 2.03 bits per heavy atom. The van der Waals surface area contributed by atoms with E-state index in [2.05, 4.69) is 35.5 Å². The van der Waals surface area contributed by atoms with Crippen LogP contribution in [0.5, 0.6) is 5.75 Å². The highest BCUT2D eigenvalue weighted by Crippen LogP contribution is 2.37. The van der Waals surface area contributed by atoms with Crippen molar-refractivity contribution in [2.75, 3.05) is 43.6 Å². The van der Waals surface area contributed by atoms with Crippen molar-refractivity contribution in [1.29, 1.82) is 0 Å². The van der Waals surface area contributed by atoms with Crippen molar-refractivity contribution in [2.24, 2.45) is 0 Å². The maximum absolute atomic E-state index is 13.9. The average Bonchev–Trinajstić information content (AvgIpc) is 3.25. The van der Waals surface area contributed by atoms with Gasteiger partial charge < -0.3 is 25.0 Å². The van der Waals surface area contributed by atoms with Crippen LogP contribution in [0.15, 0.2) is 35.7 Å². The zero-order valence-electron chi connectivity index (χ0n) is 18.5.